The Morgan fingerprint density at radius 3 is 2.64 bits per heavy atom. The van der Waals surface area contributed by atoms with Gasteiger partial charge >= 0.3 is 5.97 Å². The molecule has 0 saturated carbocycles. The molecule has 1 atom stereocenters. The highest BCUT2D eigenvalue weighted by Gasteiger charge is 2.34. The van der Waals surface area contributed by atoms with Crippen LogP contribution < -0.4 is 0 Å². The van der Waals surface area contributed by atoms with Gasteiger partial charge in [-0.05, 0) is 48.2 Å². The van der Waals surface area contributed by atoms with Crippen molar-refractivity contribution in [2.45, 2.75) is 23.8 Å². The standard InChI is InChI=1S/C18H18ClNO4S/c1-20(25(22,23)17-6-4-3-5-15(17)19)16-10-9-12-7-8-13(11-14(12)16)18(21)24-2/h3-8,11,16H,9-10H2,1-2H3. The second-order valence-corrected chi connectivity index (χ2v) is 8.28. The van der Waals surface area contributed by atoms with Gasteiger partial charge in [-0.3, -0.25) is 0 Å². The van der Waals surface area contributed by atoms with Crippen LogP contribution in [-0.2, 0) is 21.2 Å². The van der Waals surface area contributed by atoms with E-state index < -0.39 is 16.0 Å². The Labute approximate surface area is 152 Å². The van der Waals surface area contributed by atoms with Crippen molar-refractivity contribution in [3.63, 3.8) is 0 Å². The smallest absolute Gasteiger partial charge is 0.337 e. The zero-order valence-electron chi connectivity index (χ0n) is 13.9. The van der Waals surface area contributed by atoms with Gasteiger partial charge in [-0.15, -0.1) is 0 Å². The van der Waals surface area contributed by atoms with Crippen LogP contribution >= 0.6 is 11.6 Å². The third-order valence-corrected chi connectivity index (χ3v) is 6.91. The molecule has 0 amide bonds. The number of halogens is 1. The summed E-state index contributed by atoms with van der Waals surface area (Å²) in [5, 5.41) is 0.191. The van der Waals surface area contributed by atoms with E-state index in [4.69, 9.17) is 16.3 Å². The molecule has 7 heteroatoms. The number of benzene rings is 2. The molecule has 0 heterocycles. The first-order valence-electron chi connectivity index (χ1n) is 7.80. The summed E-state index contributed by atoms with van der Waals surface area (Å²) in [7, 11) is -0.884. The first kappa shape index (κ1) is 17.9. The number of carbonyl (C=O) groups is 1. The number of hydrogen-bond acceptors (Lipinski definition) is 4. The van der Waals surface area contributed by atoms with Gasteiger partial charge < -0.3 is 4.74 Å². The quantitative estimate of drug-likeness (QED) is 0.763. The van der Waals surface area contributed by atoms with E-state index in [2.05, 4.69) is 0 Å². The van der Waals surface area contributed by atoms with E-state index in [1.54, 1.807) is 37.4 Å². The lowest BCUT2D eigenvalue weighted by Crippen LogP contribution is -2.30. The van der Waals surface area contributed by atoms with E-state index >= 15 is 0 Å². The van der Waals surface area contributed by atoms with Crippen LogP contribution in [0.15, 0.2) is 47.4 Å². The first-order valence-corrected chi connectivity index (χ1v) is 9.61. The third kappa shape index (κ3) is 3.17. The molecule has 25 heavy (non-hydrogen) atoms. The van der Waals surface area contributed by atoms with Gasteiger partial charge in [-0.1, -0.05) is 29.8 Å². The van der Waals surface area contributed by atoms with Crippen molar-refractivity contribution in [2.24, 2.45) is 0 Å². The Morgan fingerprint density at radius 1 is 1.24 bits per heavy atom. The van der Waals surface area contributed by atoms with Gasteiger partial charge in [-0.25, -0.2) is 13.2 Å². The molecule has 1 aliphatic rings. The number of aryl methyl sites for hydroxylation is 1. The molecule has 0 aromatic heterocycles. The average Bonchev–Trinajstić information content (AvgIpc) is 3.03. The molecule has 132 valence electrons. The summed E-state index contributed by atoms with van der Waals surface area (Å²) in [6.07, 6.45) is 1.41. The summed E-state index contributed by atoms with van der Waals surface area (Å²) >= 11 is 6.08. The van der Waals surface area contributed by atoms with Gasteiger partial charge in [0.15, 0.2) is 0 Å². The zero-order valence-corrected chi connectivity index (χ0v) is 15.5. The molecular formula is C18H18ClNO4S. The number of fused-ring (bicyclic) bond motifs is 1. The molecule has 0 aliphatic heterocycles. The van der Waals surface area contributed by atoms with E-state index in [1.165, 1.54) is 17.5 Å². The van der Waals surface area contributed by atoms with E-state index in [9.17, 15) is 13.2 Å². The minimum atomic E-state index is -3.75. The summed E-state index contributed by atoms with van der Waals surface area (Å²) in [6, 6.07) is 11.3. The minimum absolute atomic E-state index is 0.0803. The van der Waals surface area contributed by atoms with E-state index in [0.717, 1.165) is 17.5 Å². The van der Waals surface area contributed by atoms with Crippen LogP contribution in [0.5, 0.6) is 0 Å². The summed E-state index contributed by atoms with van der Waals surface area (Å²) in [4.78, 5) is 11.9. The van der Waals surface area contributed by atoms with Crippen LogP contribution in [0, 0.1) is 0 Å². The largest absolute Gasteiger partial charge is 0.465 e. The fraction of sp³-hybridized carbons (Fsp3) is 0.278. The van der Waals surface area contributed by atoms with E-state index in [1.807, 2.05) is 6.07 Å². The van der Waals surface area contributed by atoms with Crippen molar-refractivity contribution in [3.8, 4) is 0 Å². The van der Waals surface area contributed by atoms with Crippen LogP contribution in [0.2, 0.25) is 5.02 Å². The topological polar surface area (TPSA) is 63.7 Å². The Hall–Kier alpha value is -1.89. The van der Waals surface area contributed by atoms with E-state index in [0.29, 0.717) is 12.0 Å². The molecule has 0 saturated heterocycles. The Morgan fingerprint density at radius 2 is 1.96 bits per heavy atom. The predicted molar refractivity (Wildman–Crippen MR) is 95.2 cm³/mol. The molecule has 0 radical (unpaired) electrons. The van der Waals surface area contributed by atoms with Crippen molar-refractivity contribution < 1.29 is 17.9 Å². The average molecular weight is 380 g/mol. The lowest BCUT2D eigenvalue weighted by Gasteiger charge is -2.25. The fourth-order valence-electron chi connectivity index (χ4n) is 3.18. The van der Waals surface area contributed by atoms with Gasteiger partial charge in [0.1, 0.15) is 4.90 Å². The maximum atomic E-state index is 13.0. The Balaban J connectivity index is 2.00. The maximum Gasteiger partial charge on any atom is 0.337 e. The number of rotatable bonds is 4. The van der Waals surface area contributed by atoms with Crippen LogP contribution in [0.4, 0.5) is 0 Å². The lowest BCUT2D eigenvalue weighted by molar-refractivity contribution is 0.0600. The van der Waals surface area contributed by atoms with Crippen LogP contribution in [0.1, 0.15) is 33.9 Å². The second-order valence-electron chi connectivity index (χ2n) is 5.91. The number of sulfonamides is 1. The number of esters is 1. The monoisotopic (exact) mass is 379 g/mol. The lowest BCUT2D eigenvalue weighted by atomic mass is 10.0. The molecule has 0 spiro atoms. The summed E-state index contributed by atoms with van der Waals surface area (Å²) < 4.78 is 32.0. The highest BCUT2D eigenvalue weighted by atomic mass is 35.5. The van der Waals surface area contributed by atoms with Gasteiger partial charge in [-0.2, -0.15) is 4.31 Å². The van der Waals surface area contributed by atoms with Crippen molar-refractivity contribution in [2.75, 3.05) is 14.2 Å². The number of carbonyl (C=O) groups excluding carboxylic acids is 1. The molecule has 3 rings (SSSR count). The number of methoxy groups -OCH3 is 1. The van der Waals surface area contributed by atoms with Crippen LogP contribution in [-0.4, -0.2) is 32.8 Å². The summed E-state index contributed by atoms with van der Waals surface area (Å²) in [5.74, 6) is -0.440. The van der Waals surface area contributed by atoms with Crippen molar-refractivity contribution >= 4 is 27.6 Å². The van der Waals surface area contributed by atoms with Gasteiger partial charge in [0.05, 0.1) is 23.7 Å². The fourth-order valence-corrected chi connectivity index (χ4v) is 5.04. The number of hydrogen-bond donors (Lipinski definition) is 0. The molecule has 2 aromatic carbocycles. The maximum absolute atomic E-state index is 13.0. The highest BCUT2D eigenvalue weighted by Crippen LogP contribution is 2.39. The zero-order chi connectivity index (χ0) is 18.2. The molecule has 0 N–H and O–H groups in total. The molecule has 2 aromatic rings. The second kappa shape index (κ2) is 6.78. The van der Waals surface area contributed by atoms with E-state index in [-0.39, 0.29) is 16.0 Å². The third-order valence-electron chi connectivity index (χ3n) is 4.55. The van der Waals surface area contributed by atoms with Crippen LogP contribution in [0.3, 0.4) is 0 Å². The Kier molecular flexibility index (Phi) is 4.86. The van der Waals surface area contributed by atoms with Gasteiger partial charge in [0.2, 0.25) is 10.0 Å². The van der Waals surface area contributed by atoms with Gasteiger partial charge in [0, 0.05) is 7.05 Å². The van der Waals surface area contributed by atoms with Gasteiger partial charge in [0.25, 0.3) is 0 Å². The summed E-state index contributed by atoms with van der Waals surface area (Å²) in [6.45, 7) is 0. The molecule has 1 unspecified atom stereocenters. The summed E-state index contributed by atoms with van der Waals surface area (Å²) in [5.41, 5.74) is 2.29. The normalized spacial score (nSPS) is 16.7. The predicted octanol–water partition coefficient (Wildman–Crippen LogP) is 3.43. The SMILES string of the molecule is COC(=O)c1ccc2c(c1)C(N(C)S(=O)(=O)c1ccccc1Cl)CC2. The molecule has 0 bridgehead atoms. The molecule has 1 aliphatic carbocycles. The van der Waals surface area contributed by atoms with Crippen molar-refractivity contribution in [1.29, 1.82) is 0 Å². The first-order chi connectivity index (χ1) is 11.9. The number of ether oxygens (including phenoxy) is 1. The van der Waals surface area contributed by atoms with Crippen molar-refractivity contribution in [3.05, 3.63) is 64.2 Å². The van der Waals surface area contributed by atoms with Crippen molar-refractivity contribution in [1.82, 2.24) is 4.31 Å². The Bertz CT molecular complexity index is 926. The van der Waals surface area contributed by atoms with Crippen LogP contribution in [0.25, 0.3) is 0 Å². The number of nitrogens with zero attached hydrogens (tertiary/aromatic N) is 1. The molecular weight excluding hydrogens is 362 g/mol. The molecule has 5 nitrogen and oxygen atoms in total. The highest BCUT2D eigenvalue weighted by molar-refractivity contribution is 7.89. The minimum Gasteiger partial charge on any atom is -0.465 e. The molecule has 0 fully saturated rings.